The van der Waals surface area contributed by atoms with Crippen LogP contribution in [0.15, 0.2) is 12.2 Å². The first-order valence-electron chi connectivity index (χ1n) is 7.69. The van der Waals surface area contributed by atoms with Crippen molar-refractivity contribution < 1.29 is 22.8 Å². The maximum Gasteiger partial charge on any atom is 0.282 e. The molecule has 0 aromatic heterocycles. The lowest BCUT2D eigenvalue weighted by atomic mass is 9.89. The minimum absolute atomic E-state index is 0.0833. The van der Waals surface area contributed by atoms with Crippen LogP contribution in [0.3, 0.4) is 0 Å². The molecule has 0 aliphatic carbocycles. The van der Waals surface area contributed by atoms with Gasteiger partial charge >= 0.3 is 0 Å². The molecule has 0 spiro atoms. The zero-order valence-corrected chi connectivity index (χ0v) is 13.2. The fourth-order valence-corrected chi connectivity index (χ4v) is 2.77. The van der Waals surface area contributed by atoms with Crippen LogP contribution in [0.1, 0.15) is 26.7 Å². The molecule has 23 heavy (non-hydrogen) atoms. The summed E-state index contributed by atoms with van der Waals surface area (Å²) in [5.74, 6) is -4.05. The van der Waals surface area contributed by atoms with Gasteiger partial charge < -0.3 is 15.5 Å². The molecule has 0 saturated carbocycles. The zero-order valence-electron chi connectivity index (χ0n) is 13.2. The van der Waals surface area contributed by atoms with Crippen LogP contribution in [0.4, 0.5) is 13.2 Å². The smallest absolute Gasteiger partial charge is 0.282 e. The van der Waals surface area contributed by atoms with Crippen molar-refractivity contribution in [1.82, 2.24) is 15.5 Å². The maximum absolute atomic E-state index is 14.6. The highest BCUT2D eigenvalue weighted by atomic mass is 19.3. The van der Waals surface area contributed by atoms with Gasteiger partial charge in [-0.3, -0.25) is 9.59 Å². The monoisotopic (exact) mass is 333 g/mol. The van der Waals surface area contributed by atoms with Crippen molar-refractivity contribution in [2.75, 3.05) is 19.6 Å². The number of hydrogen-bond donors (Lipinski definition) is 2. The molecule has 5 nitrogen and oxygen atoms in total. The summed E-state index contributed by atoms with van der Waals surface area (Å²) in [4.78, 5) is 24.7. The number of nitrogens with zero attached hydrogens (tertiary/aromatic N) is 1. The average Bonchev–Trinajstić information content (AvgIpc) is 2.41. The molecular formula is C15H22F3N3O2. The van der Waals surface area contributed by atoms with Crippen LogP contribution in [0, 0.1) is 0 Å². The van der Waals surface area contributed by atoms with E-state index in [9.17, 15) is 22.8 Å². The van der Waals surface area contributed by atoms with Gasteiger partial charge in [-0.05, 0) is 20.4 Å². The van der Waals surface area contributed by atoms with Crippen LogP contribution >= 0.6 is 0 Å². The van der Waals surface area contributed by atoms with Gasteiger partial charge in [0.1, 0.15) is 0 Å². The summed E-state index contributed by atoms with van der Waals surface area (Å²) in [7, 11) is 0. The van der Waals surface area contributed by atoms with Crippen LogP contribution in [-0.4, -0.2) is 60.0 Å². The fourth-order valence-electron chi connectivity index (χ4n) is 2.77. The number of amides is 2. The Hall–Kier alpha value is -1.57. The first-order chi connectivity index (χ1) is 10.6. The second kappa shape index (κ2) is 6.51. The zero-order chi connectivity index (χ0) is 17.3. The van der Waals surface area contributed by atoms with Gasteiger partial charge in [-0.15, -0.1) is 0 Å². The molecular weight excluding hydrogens is 311 g/mol. The van der Waals surface area contributed by atoms with Gasteiger partial charge in [0, 0.05) is 31.0 Å². The summed E-state index contributed by atoms with van der Waals surface area (Å²) in [6.07, 6.45) is 2.71. The van der Waals surface area contributed by atoms with E-state index in [0.717, 1.165) is 11.0 Å². The molecule has 2 heterocycles. The van der Waals surface area contributed by atoms with Crippen molar-refractivity contribution in [1.29, 1.82) is 0 Å². The Bertz CT molecular complexity index is 504. The molecule has 2 aliphatic rings. The Labute approximate surface area is 133 Å². The molecule has 2 saturated heterocycles. The number of hydrogen-bond acceptors (Lipinski definition) is 3. The van der Waals surface area contributed by atoms with Gasteiger partial charge in [-0.2, -0.15) is 0 Å². The molecule has 2 fully saturated rings. The highest BCUT2D eigenvalue weighted by Crippen LogP contribution is 2.27. The van der Waals surface area contributed by atoms with Crippen LogP contribution in [0.25, 0.3) is 0 Å². The number of carbonyl (C=O) groups excluding carboxylic acids is 2. The van der Waals surface area contributed by atoms with Crippen molar-refractivity contribution >= 4 is 11.8 Å². The van der Waals surface area contributed by atoms with E-state index in [1.165, 1.54) is 6.08 Å². The number of carbonyl (C=O) groups is 2. The third-order valence-electron chi connectivity index (χ3n) is 4.09. The van der Waals surface area contributed by atoms with Gasteiger partial charge in [0.05, 0.1) is 13.1 Å². The summed E-state index contributed by atoms with van der Waals surface area (Å²) in [6, 6.07) is -0.647. The number of halogens is 3. The third kappa shape index (κ3) is 4.46. The first-order valence-corrected chi connectivity index (χ1v) is 7.69. The molecule has 8 heteroatoms. The highest BCUT2D eigenvalue weighted by Gasteiger charge is 2.45. The van der Waals surface area contributed by atoms with Gasteiger partial charge in [-0.25, -0.2) is 13.2 Å². The van der Waals surface area contributed by atoms with Gasteiger partial charge in [-0.1, -0.05) is 6.08 Å². The average molecular weight is 333 g/mol. The van der Waals surface area contributed by atoms with Crippen LogP contribution < -0.4 is 10.6 Å². The van der Waals surface area contributed by atoms with Crippen molar-refractivity contribution in [2.24, 2.45) is 0 Å². The third-order valence-corrected chi connectivity index (χ3v) is 4.09. The Morgan fingerprint density at radius 3 is 2.57 bits per heavy atom. The van der Waals surface area contributed by atoms with Crippen LogP contribution in [0.2, 0.25) is 0 Å². The van der Waals surface area contributed by atoms with Crippen molar-refractivity contribution in [3.63, 3.8) is 0 Å². The molecule has 0 aromatic rings. The van der Waals surface area contributed by atoms with E-state index in [4.69, 9.17) is 0 Å². The summed E-state index contributed by atoms with van der Waals surface area (Å²) < 4.78 is 40.0. The molecule has 0 radical (unpaired) electrons. The summed E-state index contributed by atoms with van der Waals surface area (Å²) in [5.41, 5.74) is -1.92. The minimum Gasteiger partial charge on any atom is -0.347 e. The molecule has 2 N–H and O–H groups in total. The standard InChI is InChI=1S/C15H22F3N3O2/c1-10(3-4-12(22)21-8-15(17,18)9-21)20-13(23)14(16)5-6-19-11(2)7-14/h3-4,10-11,19H,5-9H2,1-2H3,(H,20,23)/b4-3+/t10-,11-,14+/m1/s1. The fraction of sp³-hybridized carbons (Fsp3) is 0.733. The number of rotatable bonds is 4. The van der Waals surface area contributed by atoms with E-state index >= 15 is 0 Å². The molecule has 3 atom stereocenters. The molecule has 130 valence electrons. The predicted molar refractivity (Wildman–Crippen MR) is 78.8 cm³/mol. The second-order valence-corrected chi connectivity index (χ2v) is 6.45. The summed E-state index contributed by atoms with van der Waals surface area (Å²) in [5, 5.41) is 5.58. The van der Waals surface area contributed by atoms with Crippen molar-refractivity contribution in [3.8, 4) is 0 Å². The largest absolute Gasteiger partial charge is 0.347 e. The normalized spacial score (nSPS) is 31.5. The Morgan fingerprint density at radius 2 is 2.00 bits per heavy atom. The minimum atomic E-state index is -2.81. The highest BCUT2D eigenvalue weighted by molar-refractivity contribution is 5.89. The number of nitrogens with one attached hydrogen (secondary N) is 2. The Kier molecular flexibility index (Phi) is 5.03. The lowest BCUT2D eigenvalue weighted by Gasteiger charge is -2.38. The molecule has 0 aromatic carbocycles. The lowest BCUT2D eigenvalue weighted by molar-refractivity contribution is -0.160. The Morgan fingerprint density at radius 1 is 1.35 bits per heavy atom. The SMILES string of the molecule is C[C@H](/C=C/C(=O)N1CC(F)(F)C1)NC(=O)[C@]1(F)CCN[C@H](C)C1. The van der Waals surface area contributed by atoms with E-state index in [1.807, 2.05) is 6.92 Å². The van der Waals surface area contributed by atoms with E-state index in [1.54, 1.807) is 6.92 Å². The molecule has 0 bridgehead atoms. The summed E-state index contributed by atoms with van der Waals surface area (Å²) >= 11 is 0. The van der Waals surface area contributed by atoms with Crippen LogP contribution in [0.5, 0.6) is 0 Å². The second-order valence-electron chi connectivity index (χ2n) is 6.45. The predicted octanol–water partition coefficient (Wildman–Crippen LogP) is 1.00. The quantitative estimate of drug-likeness (QED) is 0.755. The van der Waals surface area contributed by atoms with E-state index in [2.05, 4.69) is 10.6 Å². The van der Waals surface area contributed by atoms with E-state index < -0.39 is 42.5 Å². The topological polar surface area (TPSA) is 61.4 Å². The van der Waals surface area contributed by atoms with Crippen molar-refractivity contribution in [3.05, 3.63) is 12.2 Å². The lowest BCUT2D eigenvalue weighted by Crippen LogP contribution is -2.58. The maximum atomic E-state index is 14.6. The van der Waals surface area contributed by atoms with Gasteiger partial charge in [0.15, 0.2) is 5.67 Å². The van der Waals surface area contributed by atoms with Crippen LogP contribution in [-0.2, 0) is 9.59 Å². The molecule has 2 amide bonds. The molecule has 2 aliphatic heterocycles. The molecule has 0 unspecified atom stereocenters. The molecule has 2 rings (SSSR count). The number of piperidine rings is 1. The Balaban J connectivity index is 1.82. The van der Waals surface area contributed by atoms with E-state index in [-0.39, 0.29) is 18.9 Å². The summed E-state index contributed by atoms with van der Waals surface area (Å²) in [6.45, 7) is 2.66. The van der Waals surface area contributed by atoms with Gasteiger partial charge in [0.2, 0.25) is 5.91 Å². The van der Waals surface area contributed by atoms with Gasteiger partial charge in [0.25, 0.3) is 11.8 Å². The number of likely N-dealkylation sites (tertiary alicyclic amines) is 1. The number of alkyl halides is 3. The van der Waals surface area contributed by atoms with Crippen molar-refractivity contribution in [2.45, 2.75) is 50.4 Å². The first kappa shape index (κ1) is 17.8. The van der Waals surface area contributed by atoms with E-state index in [0.29, 0.717) is 6.54 Å².